The number of rotatable bonds is 9. The summed E-state index contributed by atoms with van der Waals surface area (Å²) in [6.45, 7) is 4.55. The maximum atomic E-state index is 13.4. The number of ketones is 1. The van der Waals surface area contributed by atoms with Gasteiger partial charge in [-0.1, -0.05) is 19.1 Å². The third kappa shape index (κ3) is 5.14. The van der Waals surface area contributed by atoms with Gasteiger partial charge in [-0.05, 0) is 66.4 Å². The number of aromatic nitrogens is 1. The molecule has 0 spiro atoms. The van der Waals surface area contributed by atoms with E-state index in [0.29, 0.717) is 35.0 Å². The maximum absolute atomic E-state index is 13.4. The Morgan fingerprint density at radius 1 is 1.05 bits per heavy atom. The van der Waals surface area contributed by atoms with E-state index in [1.54, 1.807) is 48.8 Å². The predicted molar refractivity (Wildman–Crippen MR) is 139 cm³/mol. The zero-order chi connectivity index (χ0) is 26.5. The second-order valence-corrected chi connectivity index (χ2v) is 8.73. The molecule has 8 heteroatoms. The fourth-order valence-corrected chi connectivity index (χ4v) is 4.46. The summed E-state index contributed by atoms with van der Waals surface area (Å²) in [4.78, 5) is 32.3. The number of nitrogens with zero attached hydrogens (tertiary/aromatic N) is 2. The Bertz CT molecular complexity index is 1340. The van der Waals surface area contributed by atoms with Gasteiger partial charge in [-0.25, -0.2) is 0 Å². The zero-order valence-corrected chi connectivity index (χ0v) is 21.4. The molecule has 1 aliphatic rings. The first-order valence-electron chi connectivity index (χ1n) is 12.0. The molecule has 3 aromatic rings. The van der Waals surface area contributed by atoms with Gasteiger partial charge < -0.3 is 24.2 Å². The summed E-state index contributed by atoms with van der Waals surface area (Å²) in [5.41, 5.74) is 2.53. The molecule has 1 fully saturated rings. The van der Waals surface area contributed by atoms with Crippen LogP contribution in [0.5, 0.6) is 17.2 Å². The molecule has 1 atom stereocenters. The number of carbonyl (C=O) groups is 2. The van der Waals surface area contributed by atoms with Crippen molar-refractivity contribution >= 4 is 17.4 Å². The molecule has 2 aromatic carbocycles. The van der Waals surface area contributed by atoms with Gasteiger partial charge in [0, 0.05) is 24.5 Å². The minimum absolute atomic E-state index is 0.00596. The minimum atomic E-state index is -0.851. The van der Waals surface area contributed by atoms with E-state index in [-0.39, 0.29) is 17.9 Å². The first kappa shape index (κ1) is 25.8. The van der Waals surface area contributed by atoms with Crippen LogP contribution in [0.4, 0.5) is 0 Å². The van der Waals surface area contributed by atoms with Crippen LogP contribution in [0, 0.1) is 6.92 Å². The summed E-state index contributed by atoms with van der Waals surface area (Å²) in [6.07, 6.45) is 4.15. The van der Waals surface area contributed by atoms with Crippen molar-refractivity contribution in [2.75, 3.05) is 20.8 Å². The molecule has 2 heterocycles. The van der Waals surface area contributed by atoms with E-state index in [9.17, 15) is 14.7 Å². The number of benzene rings is 2. The number of aryl methyl sites for hydroxylation is 1. The highest BCUT2D eigenvalue weighted by Crippen LogP contribution is 2.43. The zero-order valence-electron chi connectivity index (χ0n) is 21.4. The smallest absolute Gasteiger partial charge is 0.295 e. The van der Waals surface area contributed by atoms with Crippen molar-refractivity contribution in [3.63, 3.8) is 0 Å². The van der Waals surface area contributed by atoms with Crippen molar-refractivity contribution < 1.29 is 28.9 Å². The maximum Gasteiger partial charge on any atom is 0.295 e. The molecule has 1 saturated heterocycles. The highest BCUT2D eigenvalue weighted by atomic mass is 16.5. The van der Waals surface area contributed by atoms with Gasteiger partial charge in [0.1, 0.15) is 11.5 Å². The van der Waals surface area contributed by atoms with Gasteiger partial charge in [0.2, 0.25) is 0 Å². The first-order valence-corrected chi connectivity index (χ1v) is 12.0. The SMILES string of the molecule is CCCOc1ccc(C(O)=C2C(=O)C(=O)N(Cc3cccnc3)[C@H]2c2ccc(OC)c(OC)c2)c(C)c1. The Labute approximate surface area is 216 Å². The lowest BCUT2D eigenvalue weighted by Gasteiger charge is -2.26. The van der Waals surface area contributed by atoms with Crippen LogP contribution in [0.3, 0.4) is 0 Å². The van der Waals surface area contributed by atoms with Crippen molar-refractivity contribution in [2.45, 2.75) is 32.9 Å². The van der Waals surface area contributed by atoms with Crippen LogP contribution in [0.2, 0.25) is 0 Å². The van der Waals surface area contributed by atoms with Crippen molar-refractivity contribution in [1.82, 2.24) is 9.88 Å². The van der Waals surface area contributed by atoms with Gasteiger partial charge >= 0.3 is 0 Å². The number of hydrogen-bond acceptors (Lipinski definition) is 7. The van der Waals surface area contributed by atoms with Crippen molar-refractivity contribution in [3.8, 4) is 17.2 Å². The number of Topliss-reactive ketones (excluding diaryl/α,β-unsaturated/α-hetero) is 1. The average Bonchev–Trinajstić information content (AvgIpc) is 3.16. The van der Waals surface area contributed by atoms with Gasteiger partial charge in [0.25, 0.3) is 11.7 Å². The van der Waals surface area contributed by atoms with Crippen LogP contribution >= 0.6 is 0 Å². The molecular formula is C29H30N2O6. The van der Waals surface area contributed by atoms with Crippen LogP contribution < -0.4 is 14.2 Å². The Morgan fingerprint density at radius 2 is 1.84 bits per heavy atom. The molecule has 1 aromatic heterocycles. The number of likely N-dealkylation sites (tertiary alicyclic amines) is 1. The Balaban J connectivity index is 1.86. The summed E-state index contributed by atoms with van der Waals surface area (Å²) in [6, 6.07) is 13.2. The van der Waals surface area contributed by atoms with Crippen LogP contribution in [0.1, 0.15) is 41.6 Å². The molecule has 0 aliphatic carbocycles. The summed E-state index contributed by atoms with van der Waals surface area (Å²) in [5.74, 6) is -0.0806. The molecule has 192 valence electrons. The van der Waals surface area contributed by atoms with Crippen LogP contribution in [-0.2, 0) is 16.1 Å². The van der Waals surface area contributed by atoms with E-state index in [4.69, 9.17) is 14.2 Å². The molecule has 0 bridgehead atoms. The average molecular weight is 503 g/mol. The van der Waals surface area contributed by atoms with Gasteiger partial charge in [-0.15, -0.1) is 0 Å². The summed E-state index contributed by atoms with van der Waals surface area (Å²) < 4.78 is 16.5. The second kappa shape index (κ2) is 11.2. The van der Waals surface area contributed by atoms with E-state index >= 15 is 0 Å². The Hall–Kier alpha value is -4.33. The molecular weight excluding hydrogens is 472 g/mol. The number of amides is 1. The van der Waals surface area contributed by atoms with Crippen molar-refractivity contribution in [3.05, 3.63) is 88.8 Å². The standard InChI is InChI=1S/C29H30N2O6/c1-5-13-37-21-9-10-22(18(2)14-21)27(32)25-26(20-8-11-23(35-3)24(15-20)36-4)31(29(34)28(25)33)17-19-7-6-12-30-16-19/h6-12,14-16,26,32H,5,13,17H2,1-4H3/t26-/m0/s1. The second-order valence-electron chi connectivity index (χ2n) is 8.73. The lowest BCUT2D eigenvalue weighted by molar-refractivity contribution is -0.140. The summed E-state index contributed by atoms with van der Waals surface area (Å²) >= 11 is 0. The first-order chi connectivity index (χ1) is 17.9. The molecule has 1 aliphatic heterocycles. The van der Waals surface area contributed by atoms with Gasteiger partial charge in [-0.2, -0.15) is 0 Å². The number of ether oxygens (including phenoxy) is 3. The summed E-state index contributed by atoms with van der Waals surface area (Å²) in [7, 11) is 3.04. The summed E-state index contributed by atoms with van der Waals surface area (Å²) in [5, 5.41) is 11.5. The van der Waals surface area contributed by atoms with E-state index in [2.05, 4.69) is 4.98 Å². The molecule has 1 N–H and O–H groups in total. The number of hydrogen-bond donors (Lipinski definition) is 1. The van der Waals surface area contributed by atoms with Crippen LogP contribution in [0.25, 0.3) is 5.76 Å². The molecule has 0 unspecified atom stereocenters. The van der Waals surface area contributed by atoms with Crippen LogP contribution in [0.15, 0.2) is 66.5 Å². The third-order valence-corrected chi connectivity index (χ3v) is 6.26. The fourth-order valence-electron chi connectivity index (χ4n) is 4.46. The molecule has 8 nitrogen and oxygen atoms in total. The molecule has 37 heavy (non-hydrogen) atoms. The number of pyridine rings is 1. The quantitative estimate of drug-likeness (QED) is 0.255. The lowest BCUT2D eigenvalue weighted by Crippen LogP contribution is -2.29. The number of aliphatic hydroxyl groups is 1. The van der Waals surface area contributed by atoms with Gasteiger partial charge in [0.15, 0.2) is 11.5 Å². The Kier molecular flexibility index (Phi) is 7.77. The van der Waals surface area contributed by atoms with Gasteiger partial charge in [0.05, 0.1) is 32.4 Å². The van der Waals surface area contributed by atoms with Crippen molar-refractivity contribution in [1.29, 1.82) is 0 Å². The molecule has 0 radical (unpaired) electrons. The van der Waals surface area contributed by atoms with E-state index < -0.39 is 17.7 Å². The highest BCUT2D eigenvalue weighted by molar-refractivity contribution is 6.46. The van der Waals surface area contributed by atoms with E-state index in [1.807, 2.05) is 26.0 Å². The molecule has 0 saturated carbocycles. The molecule has 1 amide bonds. The number of aliphatic hydroxyl groups excluding tert-OH is 1. The van der Waals surface area contributed by atoms with E-state index in [0.717, 1.165) is 17.5 Å². The number of methoxy groups -OCH3 is 2. The normalized spacial score (nSPS) is 16.6. The monoisotopic (exact) mass is 502 g/mol. The van der Waals surface area contributed by atoms with Crippen molar-refractivity contribution in [2.24, 2.45) is 0 Å². The topological polar surface area (TPSA) is 98.2 Å². The van der Waals surface area contributed by atoms with Gasteiger partial charge in [-0.3, -0.25) is 14.6 Å². The highest BCUT2D eigenvalue weighted by Gasteiger charge is 2.46. The largest absolute Gasteiger partial charge is 0.507 e. The molecule has 4 rings (SSSR count). The lowest BCUT2D eigenvalue weighted by atomic mass is 9.93. The Morgan fingerprint density at radius 3 is 2.49 bits per heavy atom. The van der Waals surface area contributed by atoms with Crippen LogP contribution in [-0.4, -0.2) is 47.5 Å². The predicted octanol–water partition coefficient (Wildman–Crippen LogP) is 4.82. The minimum Gasteiger partial charge on any atom is -0.507 e. The number of carbonyl (C=O) groups excluding carboxylic acids is 2. The third-order valence-electron chi connectivity index (χ3n) is 6.26. The fraction of sp³-hybridized carbons (Fsp3) is 0.276. The van der Waals surface area contributed by atoms with E-state index in [1.165, 1.54) is 19.1 Å².